The monoisotopic (exact) mass is 485 g/mol. The van der Waals surface area contributed by atoms with Crippen molar-refractivity contribution in [3.8, 4) is 0 Å². The molecule has 7 nitrogen and oxygen atoms in total. The van der Waals surface area contributed by atoms with Crippen molar-refractivity contribution in [2.75, 3.05) is 30.3 Å². The minimum atomic E-state index is -3.94. The molecule has 0 spiro atoms. The molecular weight excluding hydrogens is 458 g/mol. The van der Waals surface area contributed by atoms with E-state index >= 15 is 0 Å². The van der Waals surface area contributed by atoms with E-state index in [9.17, 15) is 16.8 Å². The lowest BCUT2D eigenvalue weighted by Crippen LogP contribution is -2.39. The summed E-state index contributed by atoms with van der Waals surface area (Å²) < 4.78 is 54.3. The van der Waals surface area contributed by atoms with Crippen LogP contribution in [-0.4, -0.2) is 47.8 Å². The standard InChI is InChI=1S/C21H28ClN3O4S2/c1-4-16-8-5-6-15-25(16)21-19(22)9-7-10-20(21)23-30(26,27)17-11-13-18(14-12-17)31(28,29)24(2)3/h7,9-14,16,23H,4-6,8,15H2,1-3H3. The maximum Gasteiger partial charge on any atom is 0.261 e. The Morgan fingerprint density at radius 1 is 1.03 bits per heavy atom. The summed E-state index contributed by atoms with van der Waals surface area (Å²) >= 11 is 6.51. The molecular formula is C21H28ClN3O4S2. The van der Waals surface area contributed by atoms with E-state index in [4.69, 9.17) is 11.6 Å². The Morgan fingerprint density at radius 2 is 1.68 bits per heavy atom. The van der Waals surface area contributed by atoms with E-state index in [-0.39, 0.29) is 9.79 Å². The maximum atomic E-state index is 13.1. The largest absolute Gasteiger partial charge is 0.366 e. The zero-order valence-corrected chi connectivity index (χ0v) is 20.3. The Hall–Kier alpha value is -1.81. The van der Waals surface area contributed by atoms with Crippen LogP contribution in [0.1, 0.15) is 32.6 Å². The van der Waals surface area contributed by atoms with Gasteiger partial charge in [0.25, 0.3) is 10.0 Å². The van der Waals surface area contributed by atoms with E-state index in [0.29, 0.717) is 22.4 Å². The summed E-state index contributed by atoms with van der Waals surface area (Å²) in [7, 11) is -4.74. The van der Waals surface area contributed by atoms with Gasteiger partial charge >= 0.3 is 0 Å². The molecule has 1 aliphatic rings. The number of hydrogen-bond donors (Lipinski definition) is 1. The van der Waals surface area contributed by atoms with E-state index in [1.165, 1.54) is 38.4 Å². The molecule has 0 amide bonds. The van der Waals surface area contributed by atoms with Crippen LogP contribution in [0.15, 0.2) is 52.3 Å². The summed E-state index contributed by atoms with van der Waals surface area (Å²) in [5.41, 5.74) is 1.10. The van der Waals surface area contributed by atoms with Crippen LogP contribution < -0.4 is 9.62 Å². The first-order valence-electron chi connectivity index (χ1n) is 10.2. The zero-order valence-electron chi connectivity index (χ0n) is 17.9. The molecule has 1 saturated heterocycles. The van der Waals surface area contributed by atoms with Gasteiger partial charge in [-0.15, -0.1) is 0 Å². The molecule has 1 aliphatic heterocycles. The highest BCUT2D eigenvalue weighted by atomic mass is 35.5. The van der Waals surface area contributed by atoms with Crippen molar-refractivity contribution >= 4 is 43.0 Å². The predicted molar refractivity (Wildman–Crippen MR) is 125 cm³/mol. The molecule has 2 aromatic carbocycles. The van der Waals surface area contributed by atoms with Gasteiger partial charge in [-0.1, -0.05) is 24.6 Å². The van der Waals surface area contributed by atoms with Gasteiger partial charge in [0.1, 0.15) is 0 Å². The Labute approximate surface area is 190 Å². The molecule has 170 valence electrons. The first-order chi connectivity index (χ1) is 14.6. The van der Waals surface area contributed by atoms with Crippen LogP contribution in [0.3, 0.4) is 0 Å². The van der Waals surface area contributed by atoms with Gasteiger partial charge in [-0.05, 0) is 62.1 Å². The molecule has 10 heteroatoms. The fourth-order valence-electron chi connectivity index (χ4n) is 3.81. The molecule has 1 N–H and O–H groups in total. The van der Waals surface area contributed by atoms with Gasteiger partial charge in [0.05, 0.1) is 26.2 Å². The Kier molecular flexibility index (Phi) is 7.20. The van der Waals surface area contributed by atoms with Crippen LogP contribution in [-0.2, 0) is 20.0 Å². The first-order valence-corrected chi connectivity index (χ1v) is 13.5. The van der Waals surface area contributed by atoms with Gasteiger partial charge < -0.3 is 4.90 Å². The third-order valence-corrected chi connectivity index (χ3v) is 9.05. The van der Waals surface area contributed by atoms with Gasteiger partial charge in [0, 0.05) is 26.7 Å². The molecule has 0 radical (unpaired) electrons. The van der Waals surface area contributed by atoms with Crippen LogP contribution >= 0.6 is 11.6 Å². The van der Waals surface area contributed by atoms with Crippen molar-refractivity contribution in [1.82, 2.24) is 4.31 Å². The van der Waals surface area contributed by atoms with E-state index in [2.05, 4.69) is 16.5 Å². The maximum absolute atomic E-state index is 13.1. The third-order valence-electron chi connectivity index (χ3n) is 5.53. The molecule has 2 aromatic rings. The SMILES string of the molecule is CCC1CCCCN1c1c(Cl)cccc1NS(=O)(=O)c1ccc(S(=O)(=O)N(C)C)cc1. The topological polar surface area (TPSA) is 86.8 Å². The summed E-state index contributed by atoms with van der Waals surface area (Å²) in [6.07, 6.45) is 4.15. The van der Waals surface area contributed by atoms with Crippen molar-refractivity contribution in [3.63, 3.8) is 0 Å². The van der Waals surface area contributed by atoms with Crippen LogP contribution in [0.4, 0.5) is 11.4 Å². The van der Waals surface area contributed by atoms with E-state index in [1.54, 1.807) is 18.2 Å². The van der Waals surface area contributed by atoms with Crippen molar-refractivity contribution in [2.24, 2.45) is 0 Å². The number of sulfonamides is 2. The second-order valence-electron chi connectivity index (χ2n) is 7.75. The quantitative estimate of drug-likeness (QED) is 0.636. The highest BCUT2D eigenvalue weighted by Crippen LogP contribution is 2.39. The Bertz CT molecular complexity index is 1130. The van der Waals surface area contributed by atoms with Gasteiger partial charge in [0.15, 0.2) is 0 Å². The number of piperidine rings is 1. The van der Waals surface area contributed by atoms with Gasteiger partial charge in [0.2, 0.25) is 10.0 Å². The van der Waals surface area contributed by atoms with Crippen LogP contribution in [0.25, 0.3) is 0 Å². The van der Waals surface area contributed by atoms with Crippen LogP contribution in [0.5, 0.6) is 0 Å². The van der Waals surface area contributed by atoms with Crippen LogP contribution in [0.2, 0.25) is 5.02 Å². The summed E-state index contributed by atoms with van der Waals surface area (Å²) in [5.74, 6) is 0. The van der Waals surface area contributed by atoms with E-state index in [0.717, 1.165) is 36.5 Å². The number of anilines is 2. The molecule has 1 fully saturated rings. The zero-order chi connectivity index (χ0) is 22.8. The minimum Gasteiger partial charge on any atom is -0.366 e. The predicted octanol–water partition coefficient (Wildman–Crippen LogP) is 4.16. The highest BCUT2D eigenvalue weighted by molar-refractivity contribution is 7.92. The molecule has 1 heterocycles. The van der Waals surface area contributed by atoms with E-state index < -0.39 is 20.0 Å². The van der Waals surface area contributed by atoms with Gasteiger partial charge in [-0.2, -0.15) is 0 Å². The average molecular weight is 486 g/mol. The number of benzene rings is 2. The molecule has 1 unspecified atom stereocenters. The number of nitrogens with zero attached hydrogens (tertiary/aromatic N) is 2. The lowest BCUT2D eigenvalue weighted by atomic mass is 9.99. The minimum absolute atomic E-state index is 0.0261. The summed E-state index contributed by atoms with van der Waals surface area (Å²) in [6, 6.07) is 10.6. The van der Waals surface area contributed by atoms with Crippen molar-refractivity contribution < 1.29 is 16.8 Å². The lowest BCUT2D eigenvalue weighted by Gasteiger charge is -2.38. The number of nitrogens with one attached hydrogen (secondary N) is 1. The van der Waals surface area contributed by atoms with Crippen molar-refractivity contribution in [3.05, 3.63) is 47.5 Å². The highest BCUT2D eigenvalue weighted by Gasteiger charge is 2.27. The third kappa shape index (κ3) is 5.00. The molecule has 0 aromatic heterocycles. The average Bonchev–Trinajstić information content (AvgIpc) is 2.73. The Balaban J connectivity index is 1.95. The number of rotatable bonds is 7. The normalized spacial score (nSPS) is 17.7. The molecule has 0 saturated carbocycles. The molecule has 3 rings (SSSR count). The lowest BCUT2D eigenvalue weighted by molar-refractivity contribution is 0.450. The summed E-state index contributed by atoms with van der Waals surface area (Å²) in [4.78, 5) is 2.19. The number of hydrogen-bond acceptors (Lipinski definition) is 5. The number of para-hydroxylation sites is 1. The first kappa shape index (κ1) is 23.8. The number of halogens is 1. The van der Waals surface area contributed by atoms with E-state index in [1.807, 2.05) is 0 Å². The van der Waals surface area contributed by atoms with Crippen molar-refractivity contribution in [1.29, 1.82) is 0 Å². The molecule has 0 aliphatic carbocycles. The smallest absolute Gasteiger partial charge is 0.261 e. The van der Waals surface area contributed by atoms with Crippen LogP contribution in [0, 0.1) is 0 Å². The summed E-state index contributed by atoms with van der Waals surface area (Å²) in [5, 5.41) is 0.493. The van der Waals surface area contributed by atoms with Gasteiger partial charge in [-0.3, -0.25) is 4.72 Å². The molecule has 0 bridgehead atoms. The second kappa shape index (κ2) is 9.36. The second-order valence-corrected chi connectivity index (χ2v) is 12.0. The fraction of sp³-hybridized carbons (Fsp3) is 0.429. The molecule has 1 atom stereocenters. The Morgan fingerprint density at radius 3 is 2.29 bits per heavy atom. The molecule has 31 heavy (non-hydrogen) atoms. The van der Waals surface area contributed by atoms with Gasteiger partial charge in [-0.25, -0.2) is 21.1 Å². The summed E-state index contributed by atoms with van der Waals surface area (Å²) in [6.45, 7) is 2.93. The fourth-order valence-corrected chi connectivity index (χ4v) is 6.07. The van der Waals surface area contributed by atoms with Crippen molar-refractivity contribution in [2.45, 2.75) is 48.4 Å².